The zero-order chi connectivity index (χ0) is 21.8. The molecule has 4 aromatic rings. The van der Waals surface area contributed by atoms with Crippen LogP contribution in [0.4, 0.5) is 5.69 Å². The van der Waals surface area contributed by atoms with Crippen molar-refractivity contribution in [3.63, 3.8) is 0 Å². The molecular formula is C20H13ClN6O3S. The van der Waals surface area contributed by atoms with Crippen LogP contribution in [-0.4, -0.2) is 41.2 Å². The van der Waals surface area contributed by atoms with Gasteiger partial charge in [0.1, 0.15) is 5.69 Å². The summed E-state index contributed by atoms with van der Waals surface area (Å²) in [7, 11) is 0. The molecular weight excluding hydrogens is 440 g/mol. The van der Waals surface area contributed by atoms with E-state index in [2.05, 4.69) is 20.2 Å². The van der Waals surface area contributed by atoms with E-state index in [0.717, 1.165) is 5.69 Å². The zero-order valence-electron chi connectivity index (χ0n) is 15.8. The molecule has 11 heteroatoms. The Bertz CT molecular complexity index is 1230. The van der Waals surface area contributed by atoms with Crippen LogP contribution in [0.2, 0.25) is 5.02 Å². The summed E-state index contributed by atoms with van der Waals surface area (Å²) in [5.74, 6) is 0.358. The van der Waals surface area contributed by atoms with Crippen molar-refractivity contribution in [2.45, 2.75) is 5.16 Å². The molecule has 0 amide bonds. The normalized spacial score (nSPS) is 10.7. The quantitative estimate of drug-likeness (QED) is 0.177. The predicted octanol–water partition coefficient (Wildman–Crippen LogP) is 4.26. The van der Waals surface area contributed by atoms with E-state index in [9.17, 15) is 14.9 Å². The Morgan fingerprint density at radius 1 is 1.06 bits per heavy atom. The van der Waals surface area contributed by atoms with Crippen LogP contribution in [0, 0.1) is 10.1 Å². The number of Topliss-reactive ketones (excluding diaryl/α,β-unsaturated/α-hetero) is 1. The second-order valence-corrected chi connectivity index (χ2v) is 7.60. The van der Waals surface area contributed by atoms with Gasteiger partial charge in [-0.15, -0.1) is 10.2 Å². The second-order valence-electron chi connectivity index (χ2n) is 6.22. The largest absolute Gasteiger partial charge is 0.293 e. The molecule has 0 N–H and O–H groups in total. The van der Waals surface area contributed by atoms with E-state index in [1.807, 2.05) is 12.1 Å². The van der Waals surface area contributed by atoms with Crippen molar-refractivity contribution >= 4 is 34.8 Å². The van der Waals surface area contributed by atoms with Crippen molar-refractivity contribution in [1.29, 1.82) is 0 Å². The standard InChI is InChI=1S/C20H13ClN6O3S/c21-14-3-7-15(8-4-14)26-19(17-11-22-9-10-23-17)24-25-20(26)31-12-18(28)13-1-5-16(6-2-13)27(29)30/h1-11H,12H2. The summed E-state index contributed by atoms with van der Waals surface area (Å²) in [6.07, 6.45) is 4.69. The fraction of sp³-hybridized carbons (Fsp3) is 0.0500. The third kappa shape index (κ3) is 4.60. The maximum atomic E-state index is 12.6. The van der Waals surface area contributed by atoms with Gasteiger partial charge in [0, 0.05) is 40.8 Å². The van der Waals surface area contributed by atoms with Gasteiger partial charge >= 0.3 is 0 Å². The van der Waals surface area contributed by atoms with E-state index in [4.69, 9.17) is 11.6 Å². The lowest BCUT2D eigenvalue weighted by Gasteiger charge is -2.10. The van der Waals surface area contributed by atoms with Crippen LogP contribution in [0.15, 0.2) is 72.3 Å². The van der Waals surface area contributed by atoms with Crippen LogP contribution in [0.5, 0.6) is 0 Å². The van der Waals surface area contributed by atoms with Gasteiger partial charge in [0.15, 0.2) is 16.8 Å². The minimum Gasteiger partial charge on any atom is -0.293 e. The number of rotatable bonds is 7. The van der Waals surface area contributed by atoms with Crippen LogP contribution in [0.3, 0.4) is 0 Å². The maximum Gasteiger partial charge on any atom is 0.269 e. The lowest BCUT2D eigenvalue weighted by atomic mass is 10.1. The summed E-state index contributed by atoms with van der Waals surface area (Å²) in [4.78, 5) is 31.2. The highest BCUT2D eigenvalue weighted by Gasteiger charge is 2.19. The summed E-state index contributed by atoms with van der Waals surface area (Å²) < 4.78 is 1.77. The molecule has 0 atom stereocenters. The minimum atomic E-state index is -0.508. The molecule has 0 unspecified atom stereocenters. The van der Waals surface area contributed by atoms with Gasteiger partial charge < -0.3 is 0 Å². The molecule has 154 valence electrons. The number of nitro groups is 1. The van der Waals surface area contributed by atoms with Crippen molar-refractivity contribution in [2.75, 3.05) is 5.75 Å². The number of nitro benzene ring substituents is 1. The molecule has 2 aromatic carbocycles. The Kier molecular flexibility index (Phi) is 6.01. The molecule has 31 heavy (non-hydrogen) atoms. The minimum absolute atomic E-state index is 0.0692. The Morgan fingerprint density at radius 3 is 2.45 bits per heavy atom. The van der Waals surface area contributed by atoms with Crippen molar-refractivity contribution in [2.24, 2.45) is 0 Å². The first kappa shape index (κ1) is 20.6. The van der Waals surface area contributed by atoms with Gasteiger partial charge in [0.2, 0.25) is 0 Å². The predicted molar refractivity (Wildman–Crippen MR) is 116 cm³/mol. The molecule has 0 spiro atoms. The number of non-ortho nitro benzene ring substituents is 1. The molecule has 0 radical (unpaired) electrons. The highest BCUT2D eigenvalue weighted by molar-refractivity contribution is 7.99. The van der Waals surface area contributed by atoms with E-state index in [-0.39, 0.29) is 17.2 Å². The SMILES string of the molecule is O=C(CSc1nnc(-c2cnccn2)n1-c1ccc(Cl)cc1)c1ccc([N+](=O)[O-])cc1. The van der Waals surface area contributed by atoms with Crippen molar-refractivity contribution in [3.05, 3.63) is 87.8 Å². The van der Waals surface area contributed by atoms with Gasteiger partial charge in [0.05, 0.1) is 16.9 Å². The first-order valence-electron chi connectivity index (χ1n) is 8.91. The maximum absolute atomic E-state index is 12.6. The van der Waals surface area contributed by atoms with Gasteiger partial charge in [-0.1, -0.05) is 23.4 Å². The van der Waals surface area contributed by atoms with Gasteiger partial charge in [-0.05, 0) is 36.4 Å². The van der Waals surface area contributed by atoms with Gasteiger partial charge in [-0.25, -0.2) is 4.98 Å². The fourth-order valence-corrected chi connectivity index (χ4v) is 3.72. The molecule has 0 aliphatic heterocycles. The number of hydrogen-bond acceptors (Lipinski definition) is 8. The molecule has 4 rings (SSSR count). The average Bonchev–Trinajstić information content (AvgIpc) is 3.22. The van der Waals surface area contributed by atoms with Crippen LogP contribution < -0.4 is 0 Å². The van der Waals surface area contributed by atoms with E-state index >= 15 is 0 Å². The topological polar surface area (TPSA) is 117 Å². The Hall–Kier alpha value is -3.63. The van der Waals surface area contributed by atoms with E-state index in [0.29, 0.717) is 27.3 Å². The number of ketones is 1. The number of nitrogens with zero attached hydrogens (tertiary/aromatic N) is 6. The molecule has 2 heterocycles. The molecule has 0 aliphatic rings. The Balaban J connectivity index is 1.62. The van der Waals surface area contributed by atoms with E-state index < -0.39 is 4.92 Å². The van der Waals surface area contributed by atoms with Crippen molar-refractivity contribution < 1.29 is 9.72 Å². The summed E-state index contributed by atoms with van der Waals surface area (Å²) >= 11 is 7.22. The van der Waals surface area contributed by atoms with Crippen molar-refractivity contribution in [3.8, 4) is 17.2 Å². The first-order valence-corrected chi connectivity index (χ1v) is 10.3. The van der Waals surface area contributed by atoms with E-state index in [1.54, 1.807) is 35.3 Å². The van der Waals surface area contributed by atoms with Gasteiger partial charge in [-0.3, -0.25) is 24.5 Å². The van der Waals surface area contributed by atoms with Crippen LogP contribution >= 0.6 is 23.4 Å². The number of carbonyl (C=O) groups excluding carboxylic acids is 1. The molecule has 0 aliphatic carbocycles. The fourth-order valence-electron chi connectivity index (χ4n) is 2.75. The number of thioether (sulfide) groups is 1. The summed E-state index contributed by atoms with van der Waals surface area (Å²) in [5.41, 5.74) is 1.59. The monoisotopic (exact) mass is 452 g/mol. The van der Waals surface area contributed by atoms with Crippen LogP contribution in [-0.2, 0) is 0 Å². The number of carbonyl (C=O) groups is 1. The average molecular weight is 453 g/mol. The highest BCUT2D eigenvalue weighted by Crippen LogP contribution is 2.28. The lowest BCUT2D eigenvalue weighted by Crippen LogP contribution is -2.05. The number of aromatic nitrogens is 5. The molecule has 0 fully saturated rings. The highest BCUT2D eigenvalue weighted by atomic mass is 35.5. The van der Waals surface area contributed by atoms with E-state index in [1.165, 1.54) is 36.0 Å². The third-order valence-electron chi connectivity index (χ3n) is 4.24. The second kappa shape index (κ2) is 9.02. The molecule has 0 saturated carbocycles. The van der Waals surface area contributed by atoms with Gasteiger partial charge in [0.25, 0.3) is 5.69 Å². The van der Waals surface area contributed by atoms with Crippen LogP contribution in [0.1, 0.15) is 10.4 Å². The summed E-state index contributed by atoms with van der Waals surface area (Å²) in [6, 6.07) is 12.6. The molecule has 2 aromatic heterocycles. The summed E-state index contributed by atoms with van der Waals surface area (Å²) in [6.45, 7) is 0. The Labute approximate surface area is 185 Å². The smallest absolute Gasteiger partial charge is 0.269 e. The first-order chi connectivity index (χ1) is 15.0. The van der Waals surface area contributed by atoms with Crippen molar-refractivity contribution in [1.82, 2.24) is 24.7 Å². The lowest BCUT2D eigenvalue weighted by molar-refractivity contribution is -0.384. The number of halogens is 1. The number of benzene rings is 2. The van der Waals surface area contributed by atoms with Gasteiger partial charge in [-0.2, -0.15) is 0 Å². The molecule has 0 bridgehead atoms. The Morgan fingerprint density at radius 2 is 1.81 bits per heavy atom. The molecule has 0 saturated heterocycles. The van der Waals surface area contributed by atoms with Crippen LogP contribution in [0.25, 0.3) is 17.2 Å². The summed E-state index contributed by atoms with van der Waals surface area (Å²) in [5, 5.41) is 20.3. The third-order valence-corrected chi connectivity index (χ3v) is 5.42. The number of hydrogen-bond donors (Lipinski definition) is 0. The zero-order valence-corrected chi connectivity index (χ0v) is 17.3. The molecule has 9 nitrogen and oxygen atoms in total.